The van der Waals surface area contributed by atoms with Crippen molar-refractivity contribution in [1.82, 2.24) is 10.9 Å². The lowest BCUT2D eigenvalue weighted by Crippen LogP contribution is -2.29. The lowest BCUT2D eigenvalue weighted by atomic mass is 10.3. The number of hydrogen-bond donors (Lipinski definition) is 2. The van der Waals surface area contributed by atoms with E-state index in [9.17, 15) is 0 Å². The number of hydrazine groups is 1. The summed E-state index contributed by atoms with van der Waals surface area (Å²) in [5, 5.41) is 0. The summed E-state index contributed by atoms with van der Waals surface area (Å²) >= 11 is 0. The molecule has 2 N–H and O–H groups in total. The van der Waals surface area contributed by atoms with Crippen LogP contribution in [0.5, 0.6) is 0 Å². The fourth-order valence-electron chi connectivity index (χ4n) is 0.677. The van der Waals surface area contributed by atoms with Crippen LogP contribution in [0.4, 0.5) is 0 Å². The number of rotatable bonds is 1. The third-order valence-electron chi connectivity index (χ3n) is 1.12. The number of nitrogens with one attached hydrogen (secondary N) is 2. The van der Waals surface area contributed by atoms with Crippen molar-refractivity contribution in [2.75, 3.05) is 0 Å². The summed E-state index contributed by atoms with van der Waals surface area (Å²) in [5.41, 5.74) is 7.12. The smallest absolute Gasteiger partial charge is 0.0638 e. The van der Waals surface area contributed by atoms with E-state index in [0.29, 0.717) is 6.04 Å². The Bertz CT molecular complexity index is 126. The molecule has 0 aromatic carbocycles. The molecule has 8 heavy (non-hydrogen) atoms. The van der Waals surface area contributed by atoms with Gasteiger partial charge in [-0.2, -0.15) is 0 Å². The molecule has 2 nitrogen and oxygen atoms in total. The van der Waals surface area contributed by atoms with Crippen molar-refractivity contribution in [3.63, 3.8) is 0 Å². The van der Waals surface area contributed by atoms with Crippen LogP contribution in [0.15, 0.2) is 24.4 Å². The van der Waals surface area contributed by atoms with E-state index in [1.54, 1.807) is 0 Å². The first-order valence-corrected chi connectivity index (χ1v) is 2.65. The highest BCUT2D eigenvalue weighted by atomic mass is 15.4. The Balaban J connectivity index is 2.53. The van der Waals surface area contributed by atoms with Gasteiger partial charge in [0.25, 0.3) is 0 Å². The Morgan fingerprint density at radius 2 is 2.62 bits per heavy atom. The average molecular weight is 110 g/mol. The predicted octanol–water partition coefficient (Wildman–Crippen LogP) is 0.553. The molecule has 2 heteroatoms. The lowest BCUT2D eigenvalue weighted by molar-refractivity contribution is 0.640. The SMILES string of the molecule is C=CC1C=C(C)NN1. The van der Waals surface area contributed by atoms with Crippen LogP contribution in [0.25, 0.3) is 0 Å². The molecule has 1 atom stereocenters. The highest BCUT2D eigenvalue weighted by molar-refractivity contribution is 5.12. The molecule has 1 aliphatic rings. The van der Waals surface area contributed by atoms with Crippen molar-refractivity contribution in [1.29, 1.82) is 0 Å². The largest absolute Gasteiger partial charge is 0.325 e. The van der Waals surface area contributed by atoms with Crippen molar-refractivity contribution in [3.8, 4) is 0 Å². The Kier molecular flexibility index (Phi) is 1.35. The zero-order valence-corrected chi connectivity index (χ0v) is 4.94. The Hall–Kier alpha value is -0.760. The van der Waals surface area contributed by atoms with Crippen LogP contribution in [0.1, 0.15) is 6.92 Å². The van der Waals surface area contributed by atoms with Crippen LogP contribution >= 0.6 is 0 Å². The molecule has 1 heterocycles. The van der Waals surface area contributed by atoms with E-state index in [2.05, 4.69) is 23.5 Å². The van der Waals surface area contributed by atoms with Gasteiger partial charge in [-0.1, -0.05) is 6.08 Å². The summed E-state index contributed by atoms with van der Waals surface area (Å²) in [6.45, 7) is 5.64. The lowest BCUT2D eigenvalue weighted by Gasteiger charge is -1.99. The van der Waals surface area contributed by atoms with Crippen molar-refractivity contribution in [2.45, 2.75) is 13.0 Å². The first-order chi connectivity index (χ1) is 3.83. The van der Waals surface area contributed by atoms with Crippen LogP contribution in [-0.2, 0) is 0 Å². The molecule has 0 aromatic heterocycles. The van der Waals surface area contributed by atoms with Gasteiger partial charge in [-0.05, 0) is 13.0 Å². The second-order valence-electron chi connectivity index (χ2n) is 1.88. The van der Waals surface area contributed by atoms with Crippen molar-refractivity contribution in [2.24, 2.45) is 0 Å². The Morgan fingerprint density at radius 1 is 1.88 bits per heavy atom. The van der Waals surface area contributed by atoms with Gasteiger partial charge in [0.1, 0.15) is 0 Å². The first-order valence-electron chi connectivity index (χ1n) is 2.65. The molecular weight excluding hydrogens is 100 g/mol. The van der Waals surface area contributed by atoms with Crippen molar-refractivity contribution >= 4 is 0 Å². The summed E-state index contributed by atoms with van der Waals surface area (Å²) in [7, 11) is 0. The summed E-state index contributed by atoms with van der Waals surface area (Å²) in [6.07, 6.45) is 3.93. The van der Waals surface area contributed by atoms with Gasteiger partial charge in [0, 0.05) is 5.70 Å². The molecule has 0 radical (unpaired) electrons. The summed E-state index contributed by atoms with van der Waals surface area (Å²) in [4.78, 5) is 0. The van der Waals surface area contributed by atoms with Gasteiger partial charge in [-0.3, -0.25) is 0 Å². The minimum Gasteiger partial charge on any atom is -0.325 e. The maximum Gasteiger partial charge on any atom is 0.0638 e. The second-order valence-corrected chi connectivity index (χ2v) is 1.88. The fraction of sp³-hybridized carbons (Fsp3) is 0.333. The molecule has 1 aliphatic heterocycles. The van der Waals surface area contributed by atoms with E-state index in [0.717, 1.165) is 5.70 Å². The first kappa shape index (κ1) is 5.38. The van der Waals surface area contributed by atoms with Crippen LogP contribution < -0.4 is 10.9 Å². The van der Waals surface area contributed by atoms with Gasteiger partial charge < -0.3 is 5.43 Å². The Labute approximate surface area is 49.2 Å². The van der Waals surface area contributed by atoms with Gasteiger partial charge in [0.15, 0.2) is 0 Å². The summed E-state index contributed by atoms with van der Waals surface area (Å²) in [5.74, 6) is 0. The zero-order valence-electron chi connectivity index (χ0n) is 4.94. The molecule has 1 unspecified atom stereocenters. The standard InChI is InChI=1S/C6H10N2/c1-3-6-4-5(2)7-8-6/h3-4,6-8H,1H2,2H3. The van der Waals surface area contributed by atoms with E-state index >= 15 is 0 Å². The third kappa shape index (κ3) is 0.898. The molecule has 0 aromatic rings. The molecule has 0 spiro atoms. The summed E-state index contributed by atoms with van der Waals surface area (Å²) < 4.78 is 0. The van der Waals surface area contributed by atoms with Gasteiger partial charge >= 0.3 is 0 Å². The van der Waals surface area contributed by atoms with E-state index in [4.69, 9.17) is 0 Å². The van der Waals surface area contributed by atoms with E-state index in [1.807, 2.05) is 13.0 Å². The quantitative estimate of drug-likeness (QED) is 0.482. The molecule has 0 saturated carbocycles. The van der Waals surface area contributed by atoms with E-state index in [-0.39, 0.29) is 0 Å². The zero-order chi connectivity index (χ0) is 5.98. The normalized spacial score (nSPS) is 26.6. The second kappa shape index (κ2) is 2.01. The maximum absolute atomic E-state index is 3.63. The topological polar surface area (TPSA) is 24.1 Å². The van der Waals surface area contributed by atoms with Gasteiger partial charge in [0.05, 0.1) is 6.04 Å². The molecule has 0 aliphatic carbocycles. The minimum atomic E-state index is 0.315. The predicted molar refractivity (Wildman–Crippen MR) is 34.0 cm³/mol. The van der Waals surface area contributed by atoms with Crippen LogP contribution in [0.3, 0.4) is 0 Å². The van der Waals surface area contributed by atoms with E-state index < -0.39 is 0 Å². The highest BCUT2D eigenvalue weighted by Crippen LogP contribution is 1.97. The molecule has 0 amide bonds. The van der Waals surface area contributed by atoms with E-state index in [1.165, 1.54) is 0 Å². The fourth-order valence-corrected chi connectivity index (χ4v) is 0.677. The average Bonchev–Trinajstić information content (AvgIpc) is 2.14. The van der Waals surface area contributed by atoms with Crippen molar-refractivity contribution in [3.05, 3.63) is 24.4 Å². The molecule has 1 rings (SSSR count). The van der Waals surface area contributed by atoms with Gasteiger partial charge in [0.2, 0.25) is 0 Å². The molecule has 0 saturated heterocycles. The molecular formula is C6H10N2. The van der Waals surface area contributed by atoms with Gasteiger partial charge in [-0.15, -0.1) is 6.58 Å². The molecule has 0 bridgehead atoms. The van der Waals surface area contributed by atoms with Crippen molar-refractivity contribution < 1.29 is 0 Å². The third-order valence-corrected chi connectivity index (χ3v) is 1.12. The Morgan fingerprint density at radius 3 is 2.88 bits per heavy atom. The molecule has 0 fully saturated rings. The molecule has 44 valence electrons. The summed E-state index contributed by atoms with van der Waals surface area (Å²) in [6, 6.07) is 0.315. The van der Waals surface area contributed by atoms with Gasteiger partial charge in [-0.25, -0.2) is 5.43 Å². The minimum absolute atomic E-state index is 0.315. The van der Waals surface area contributed by atoms with Crippen LogP contribution in [-0.4, -0.2) is 6.04 Å². The highest BCUT2D eigenvalue weighted by Gasteiger charge is 2.04. The number of allylic oxidation sites excluding steroid dienone is 1. The number of hydrogen-bond acceptors (Lipinski definition) is 2. The van der Waals surface area contributed by atoms with Crippen LogP contribution in [0.2, 0.25) is 0 Å². The monoisotopic (exact) mass is 110 g/mol. The maximum atomic E-state index is 3.63. The van der Waals surface area contributed by atoms with Crippen LogP contribution in [0, 0.1) is 0 Å².